The highest BCUT2D eigenvalue weighted by Gasteiger charge is 2.25. The van der Waals surface area contributed by atoms with E-state index in [-0.39, 0.29) is 12.1 Å². The van der Waals surface area contributed by atoms with Crippen LogP contribution in [0.5, 0.6) is 0 Å². The number of nitrogens with two attached hydrogens (primary N) is 1. The molecule has 0 saturated carbocycles. The molecule has 3 rings (SSSR count). The summed E-state index contributed by atoms with van der Waals surface area (Å²) in [6.07, 6.45) is 0.677. The average Bonchev–Trinajstić information content (AvgIpc) is 3.11. The van der Waals surface area contributed by atoms with Crippen molar-refractivity contribution >= 4 is 17.4 Å². The minimum absolute atomic E-state index is 0.00972. The van der Waals surface area contributed by atoms with Gasteiger partial charge in [-0.3, -0.25) is 4.90 Å². The molecule has 1 atom stereocenters. The molecule has 2 heterocycles. The summed E-state index contributed by atoms with van der Waals surface area (Å²) in [6.45, 7) is 11.8. The number of carbonyl (C=O) groups is 1. The Morgan fingerprint density at radius 1 is 1.21 bits per heavy atom. The van der Waals surface area contributed by atoms with Gasteiger partial charge in [-0.15, -0.1) is 11.3 Å². The smallest absolute Gasteiger partial charge is 0.410 e. The molecule has 0 unspecified atom stereocenters. The normalized spacial score (nSPS) is 16.7. The van der Waals surface area contributed by atoms with E-state index in [1.54, 1.807) is 16.2 Å². The van der Waals surface area contributed by atoms with E-state index >= 15 is 0 Å². The van der Waals surface area contributed by atoms with E-state index in [1.807, 2.05) is 33.2 Å². The number of aromatic nitrogens is 1. The zero-order chi connectivity index (χ0) is 21.0. The topological polar surface area (TPSA) is 71.7 Å². The number of piperazine rings is 1. The number of aryl methyl sites for hydroxylation is 1. The van der Waals surface area contributed by atoms with Gasteiger partial charge in [0.25, 0.3) is 0 Å². The Balaban J connectivity index is 1.45. The SMILES string of the molecule is Cc1ncsc1-c1ccc([C@@H](N)CCN2CCN(C(=O)OC(C)(C)C)CC2)cc1. The second-order valence-corrected chi connectivity index (χ2v) is 9.45. The zero-order valence-corrected chi connectivity index (χ0v) is 18.7. The fourth-order valence-electron chi connectivity index (χ4n) is 3.43. The lowest BCUT2D eigenvalue weighted by molar-refractivity contribution is 0.0143. The highest BCUT2D eigenvalue weighted by atomic mass is 32.1. The lowest BCUT2D eigenvalue weighted by atomic mass is 10.0. The fraction of sp³-hybridized carbons (Fsp3) is 0.545. The molecule has 1 saturated heterocycles. The second-order valence-electron chi connectivity index (χ2n) is 8.59. The van der Waals surface area contributed by atoms with Crippen LogP contribution in [-0.2, 0) is 4.74 Å². The number of carbonyl (C=O) groups excluding carboxylic acids is 1. The quantitative estimate of drug-likeness (QED) is 0.796. The van der Waals surface area contributed by atoms with Crippen LogP contribution in [0.25, 0.3) is 10.4 Å². The van der Waals surface area contributed by atoms with E-state index in [9.17, 15) is 4.79 Å². The fourth-order valence-corrected chi connectivity index (χ4v) is 4.24. The predicted octanol–water partition coefficient (Wildman–Crippen LogP) is 4.06. The summed E-state index contributed by atoms with van der Waals surface area (Å²) in [5.74, 6) is 0. The molecule has 7 heteroatoms. The van der Waals surface area contributed by atoms with Crippen LogP contribution in [0, 0.1) is 6.92 Å². The molecule has 158 valence electrons. The van der Waals surface area contributed by atoms with Crippen molar-refractivity contribution in [2.75, 3.05) is 32.7 Å². The number of hydrogen-bond donors (Lipinski definition) is 1. The van der Waals surface area contributed by atoms with Crippen LogP contribution in [0.1, 0.15) is 44.5 Å². The van der Waals surface area contributed by atoms with Gasteiger partial charge in [0.05, 0.1) is 16.1 Å². The van der Waals surface area contributed by atoms with Crippen molar-refractivity contribution in [3.05, 3.63) is 41.0 Å². The van der Waals surface area contributed by atoms with Crippen LogP contribution >= 0.6 is 11.3 Å². The monoisotopic (exact) mass is 416 g/mol. The standard InChI is InChI=1S/C22H32N4O2S/c1-16-20(29-15-24-16)18-7-5-17(6-8-18)19(23)9-10-25-11-13-26(14-12-25)21(27)28-22(2,3)4/h5-8,15,19H,9-14,23H2,1-4H3/t19-/m0/s1. The molecule has 0 bridgehead atoms. The first kappa shape index (κ1) is 21.7. The van der Waals surface area contributed by atoms with Crippen LogP contribution in [-0.4, -0.2) is 59.2 Å². The van der Waals surface area contributed by atoms with Gasteiger partial charge in [-0.1, -0.05) is 24.3 Å². The van der Waals surface area contributed by atoms with Crippen molar-refractivity contribution in [3.8, 4) is 10.4 Å². The number of nitrogens with zero attached hydrogens (tertiary/aromatic N) is 3. The maximum Gasteiger partial charge on any atom is 0.410 e. The van der Waals surface area contributed by atoms with Crippen LogP contribution in [0.15, 0.2) is 29.8 Å². The average molecular weight is 417 g/mol. The number of hydrogen-bond acceptors (Lipinski definition) is 6. The summed E-state index contributed by atoms with van der Waals surface area (Å²) < 4.78 is 5.46. The largest absolute Gasteiger partial charge is 0.444 e. The number of amides is 1. The Labute approximate surface area is 177 Å². The zero-order valence-electron chi connectivity index (χ0n) is 17.9. The third-order valence-corrected chi connectivity index (χ3v) is 6.10. The van der Waals surface area contributed by atoms with E-state index < -0.39 is 5.60 Å². The van der Waals surface area contributed by atoms with Gasteiger partial charge in [0.2, 0.25) is 0 Å². The van der Waals surface area contributed by atoms with Crippen molar-refractivity contribution in [2.45, 2.75) is 45.8 Å². The predicted molar refractivity (Wildman–Crippen MR) is 118 cm³/mol. The number of benzene rings is 1. The Morgan fingerprint density at radius 2 is 1.86 bits per heavy atom. The molecule has 1 aromatic heterocycles. The van der Waals surface area contributed by atoms with Gasteiger partial charge in [-0.25, -0.2) is 9.78 Å². The van der Waals surface area contributed by atoms with Gasteiger partial charge < -0.3 is 15.4 Å². The minimum Gasteiger partial charge on any atom is -0.444 e. The molecule has 1 amide bonds. The Hall–Kier alpha value is -1.96. The van der Waals surface area contributed by atoms with Crippen LogP contribution in [0.4, 0.5) is 4.79 Å². The van der Waals surface area contributed by atoms with Crippen molar-refractivity contribution in [2.24, 2.45) is 5.73 Å². The Bertz CT molecular complexity index is 805. The molecule has 1 fully saturated rings. The van der Waals surface area contributed by atoms with Crippen molar-refractivity contribution in [3.63, 3.8) is 0 Å². The summed E-state index contributed by atoms with van der Waals surface area (Å²) in [5, 5.41) is 0. The van der Waals surface area contributed by atoms with Crippen molar-refractivity contribution in [1.29, 1.82) is 0 Å². The van der Waals surface area contributed by atoms with Crippen molar-refractivity contribution in [1.82, 2.24) is 14.8 Å². The highest BCUT2D eigenvalue weighted by molar-refractivity contribution is 7.13. The third kappa shape index (κ3) is 6.01. The van der Waals surface area contributed by atoms with Gasteiger partial charge in [-0.2, -0.15) is 0 Å². The Kier molecular flexibility index (Phi) is 6.93. The van der Waals surface area contributed by atoms with Gasteiger partial charge in [-0.05, 0) is 45.2 Å². The maximum atomic E-state index is 12.2. The van der Waals surface area contributed by atoms with E-state index in [2.05, 4.69) is 34.1 Å². The van der Waals surface area contributed by atoms with Gasteiger partial charge >= 0.3 is 6.09 Å². The molecule has 1 aromatic carbocycles. The first-order valence-electron chi connectivity index (χ1n) is 10.2. The lowest BCUT2D eigenvalue weighted by Crippen LogP contribution is -2.50. The van der Waals surface area contributed by atoms with E-state index in [0.29, 0.717) is 13.1 Å². The van der Waals surface area contributed by atoms with Crippen LogP contribution in [0.3, 0.4) is 0 Å². The van der Waals surface area contributed by atoms with E-state index in [0.717, 1.165) is 37.3 Å². The molecule has 29 heavy (non-hydrogen) atoms. The second kappa shape index (κ2) is 9.24. The molecule has 0 radical (unpaired) electrons. The Morgan fingerprint density at radius 3 is 2.41 bits per heavy atom. The molecule has 2 N–H and O–H groups in total. The first-order valence-corrected chi connectivity index (χ1v) is 11.1. The maximum absolute atomic E-state index is 12.2. The molecular formula is C22H32N4O2S. The summed E-state index contributed by atoms with van der Waals surface area (Å²) >= 11 is 1.66. The highest BCUT2D eigenvalue weighted by Crippen LogP contribution is 2.28. The summed E-state index contributed by atoms with van der Waals surface area (Å²) in [5.41, 5.74) is 11.3. The lowest BCUT2D eigenvalue weighted by Gasteiger charge is -2.35. The number of ether oxygens (including phenoxy) is 1. The van der Waals surface area contributed by atoms with Crippen LogP contribution in [0.2, 0.25) is 0 Å². The van der Waals surface area contributed by atoms with Gasteiger partial charge in [0, 0.05) is 38.8 Å². The van der Waals surface area contributed by atoms with Crippen molar-refractivity contribution < 1.29 is 9.53 Å². The summed E-state index contributed by atoms with van der Waals surface area (Å²) in [6, 6.07) is 8.53. The molecule has 2 aromatic rings. The molecule has 6 nitrogen and oxygen atoms in total. The summed E-state index contributed by atoms with van der Waals surface area (Å²) in [4.78, 5) is 21.9. The van der Waals surface area contributed by atoms with Crippen LogP contribution < -0.4 is 5.73 Å². The molecule has 1 aliphatic heterocycles. The van der Waals surface area contributed by atoms with Gasteiger partial charge in [0.15, 0.2) is 0 Å². The van der Waals surface area contributed by atoms with Gasteiger partial charge in [0.1, 0.15) is 5.60 Å². The van der Waals surface area contributed by atoms with E-state index in [1.165, 1.54) is 10.4 Å². The molecule has 0 spiro atoms. The third-order valence-electron chi connectivity index (χ3n) is 5.13. The number of rotatable bonds is 5. The number of thiazole rings is 1. The molecule has 1 aliphatic rings. The molecular weight excluding hydrogens is 384 g/mol. The first-order chi connectivity index (χ1) is 13.7. The van der Waals surface area contributed by atoms with E-state index in [4.69, 9.17) is 10.5 Å². The molecule has 0 aliphatic carbocycles. The summed E-state index contributed by atoms with van der Waals surface area (Å²) in [7, 11) is 0. The minimum atomic E-state index is -0.449.